The maximum absolute atomic E-state index is 12.6. The van der Waals surface area contributed by atoms with Gasteiger partial charge in [0.25, 0.3) is 5.91 Å². The van der Waals surface area contributed by atoms with Crippen molar-refractivity contribution in [3.63, 3.8) is 0 Å². The standard InChI is InChI=1S/C20H23N3OS/c1-15(2)10-11-21-20(24)17-14-23(13-16-7-4-3-5-8-16)22-19(17)18-9-6-12-25-18/h3-9,12,14-15H,10-11,13H2,1-2H3,(H,21,24). The van der Waals surface area contributed by atoms with E-state index in [1.54, 1.807) is 11.3 Å². The van der Waals surface area contributed by atoms with Crippen molar-refractivity contribution in [1.82, 2.24) is 15.1 Å². The van der Waals surface area contributed by atoms with Gasteiger partial charge in [-0.1, -0.05) is 50.2 Å². The summed E-state index contributed by atoms with van der Waals surface area (Å²) in [6.45, 7) is 5.64. The van der Waals surface area contributed by atoms with E-state index in [2.05, 4.69) is 36.4 Å². The summed E-state index contributed by atoms with van der Waals surface area (Å²) in [7, 11) is 0. The van der Waals surface area contributed by atoms with Crippen LogP contribution in [0.2, 0.25) is 0 Å². The lowest BCUT2D eigenvalue weighted by Gasteiger charge is -2.06. The van der Waals surface area contributed by atoms with Crippen molar-refractivity contribution in [2.75, 3.05) is 6.54 Å². The van der Waals surface area contributed by atoms with Crippen molar-refractivity contribution in [3.8, 4) is 10.6 Å². The zero-order valence-corrected chi connectivity index (χ0v) is 15.4. The number of hydrogen-bond donors (Lipinski definition) is 1. The SMILES string of the molecule is CC(C)CCNC(=O)c1cn(Cc2ccccc2)nc1-c1cccs1. The van der Waals surface area contributed by atoms with Gasteiger partial charge in [0.05, 0.1) is 17.0 Å². The number of thiophene rings is 1. The average Bonchev–Trinajstić information content (AvgIpc) is 3.24. The molecule has 0 aliphatic rings. The van der Waals surface area contributed by atoms with E-state index < -0.39 is 0 Å². The highest BCUT2D eigenvalue weighted by molar-refractivity contribution is 7.13. The fraction of sp³-hybridized carbons (Fsp3) is 0.300. The van der Waals surface area contributed by atoms with E-state index in [-0.39, 0.29) is 5.91 Å². The summed E-state index contributed by atoms with van der Waals surface area (Å²) in [5.41, 5.74) is 2.56. The summed E-state index contributed by atoms with van der Waals surface area (Å²) in [4.78, 5) is 13.7. The molecule has 0 saturated heterocycles. The molecule has 2 aromatic heterocycles. The molecular formula is C20H23N3OS. The van der Waals surface area contributed by atoms with Crippen molar-refractivity contribution in [2.24, 2.45) is 5.92 Å². The van der Waals surface area contributed by atoms with Gasteiger partial charge in [0.1, 0.15) is 5.69 Å². The Morgan fingerprint density at radius 2 is 2.00 bits per heavy atom. The minimum atomic E-state index is -0.0524. The maximum Gasteiger partial charge on any atom is 0.255 e. The second kappa shape index (κ2) is 8.12. The number of hydrogen-bond acceptors (Lipinski definition) is 3. The molecule has 4 nitrogen and oxygen atoms in total. The Bertz CT molecular complexity index is 807. The first-order valence-corrected chi connectivity index (χ1v) is 9.45. The molecule has 0 unspecified atom stereocenters. The fourth-order valence-corrected chi connectivity index (χ4v) is 3.33. The lowest BCUT2D eigenvalue weighted by molar-refractivity contribution is 0.0952. The normalized spacial score (nSPS) is 11.0. The van der Waals surface area contributed by atoms with Crippen molar-refractivity contribution in [2.45, 2.75) is 26.8 Å². The molecule has 0 radical (unpaired) electrons. The van der Waals surface area contributed by atoms with Crippen LogP contribution < -0.4 is 5.32 Å². The van der Waals surface area contributed by atoms with E-state index in [1.807, 2.05) is 46.6 Å². The Hall–Kier alpha value is -2.40. The second-order valence-electron chi connectivity index (χ2n) is 6.49. The van der Waals surface area contributed by atoms with E-state index >= 15 is 0 Å². The summed E-state index contributed by atoms with van der Waals surface area (Å²) in [5, 5.41) is 9.71. The molecular weight excluding hydrogens is 330 g/mol. The van der Waals surface area contributed by atoms with Crippen LogP contribution in [-0.4, -0.2) is 22.2 Å². The maximum atomic E-state index is 12.6. The van der Waals surface area contributed by atoms with Crippen molar-refractivity contribution < 1.29 is 4.79 Å². The molecule has 5 heteroatoms. The van der Waals surface area contributed by atoms with E-state index in [1.165, 1.54) is 0 Å². The van der Waals surface area contributed by atoms with Crippen LogP contribution in [0.15, 0.2) is 54.0 Å². The number of nitrogens with zero attached hydrogens (tertiary/aromatic N) is 2. The molecule has 0 saturated carbocycles. The van der Waals surface area contributed by atoms with E-state index in [0.717, 1.165) is 22.6 Å². The number of carbonyl (C=O) groups excluding carboxylic acids is 1. The number of carbonyl (C=O) groups is 1. The largest absolute Gasteiger partial charge is 0.352 e. The van der Waals surface area contributed by atoms with Gasteiger partial charge in [0.2, 0.25) is 0 Å². The molecule has 1 N–H and O–H groups in total. The fourth-order valence-electron chi connectivity index (χ4n) is 2.60. The third-order valence-electron chi connectivity index (χ3n) is 3.96. The van der Waals surface area contributed by atoms with Crippen LogP contribution >= 0.6 is 11.3 Å². The number of benzene rings is 1. The Morgan fingerprint density at radius 3 is 2.68 bits per heavy atom. The van der Waals surface area contributed by atoms with Gasteiger partial charge in [0, 0.05) is 12.7 Å². The quantitative estimate of drug-likeness (QED) is 0.683. The van der Waals surface area contributed by atoms with Gasteiger partial charge in [-0.2, -0.15) is 5.10 Å². The molecule has 0 aliphatic heterocycles. The summed E-state index contributed by atoms with van der Waals surface area (Å²) < 4.78 is 1.85. The highest BCUT2D eigenvalue weighted by Crippen LogP contribution is 2.27. The zero-order chi connectivity index (χ0) is 17.6. The predicted octanol–water partition coefficient (Wildman–Crippen LogP) is 4.44. The topological polar surface area (TPSA) is 46.9 Å². The number of nitrogens with one attached hydrogen (secondary N) is 1. The van der Waals surface area contributed by atoms with E-state index in [9.17, 15) is 4.79 Å². The van der Waals surface area contributed by atoms with Crippen LogP contribution in [0, 0.1) is 5.92 Å². The summed E-state index contributed by atoms with van der Waals surface area (Å²) in [5.74, 6) is 0.515. The molecule has 2 heterocycles. The summed E-state index contributed by atoms with van der Waals surface area (Å²) in [6, 6.07) is 14.1. The van der Waals surface area contributed by atoms with Crippen LogP contribution in [0.25, 0.3) is 10.6 Å². The van der Waals surface area contributed by atoms with Gasteiger partial charge in [-0.15, -0.1) is 11.3 Å². The highest BCUT2D eigenvalue weighted by Gasteiger charge is 2.18. The molecule has 0 fully saturated rings. The molecule has 0 bridgehead atoms. The zero-order valence-electron chi connectivity index (χ0n) is 14.6. The summed E-state index contributed by atoms with van der Waals surface area (Å²) in [6.07, 6.45) is 2.82. The van der Waals surface area contributed by atoms with Crippen LogP contribution in [-0.2, 0) is 6.54 Å². The Kier molecular flexibility index (Phi) is 5.66. The lowest BCUT2D eigenvalue weighted by Crippen LogP contribution is -2.25. The minimum absolute atomic E-state index is 0.0524. The Balaban J connectivity index is 1.83. The van der Waals surface area contributed by atoms with Crippen molar-refractivity contribution in [3.05, 3.63) is 65.2 Å². The molecule has 0 aliphatic carbocycles. The number of rotatable bonds is 7. The molecule has 0 spiro atoms. The smallest absolute Gasteiger partial charge is 0.255 e. The van der Waals surface area contributed by atoms with Gasteiger partial charge >= 0.3 is 0 Å². The molecule has 25 heavy (non-hydrogen) atoms. The third-order valence-corrected chi connectivity index (χ3v) is 4.83. The first-order chi connectivity index (χ1) is 12.1. The van der Waals surface area contributed by atoms with Crippen molar-refractivity contribution in [1.29, 1.82) is 0 Å². The first-order valence-electron chi connectivity index (χ1n) is 8.57. The van der Waals surface area contributed by atoms with Crippen LogP contribution in [0.5, 0.6) is 0 Å². The molecule has 0 atom stereocenters. The Labute approximate surface area is 152 Å². The molecule has 1 amide bonds. The highest BCUT2D eigenvalue weighted by atomic mass is 32.1. The van der Waals surface area contributed by atoms with Gasteiger partial charge in [-0.3, -0.25) is 9.48 Å². The van der Waals surface area contributed by atoms with Crippen LogP contribution in [0.4, 0.5) is 0 Å². The average molecular weight is 353 g/mol. The second-order valence-corrected chi connectivity index (χ2v) is 7.44. The van der Waals surface area contributed by atoms with Gasteiger partial charge < -0.3 is 5.32 Å². The van der Waals surface area contributed by atoms with Crippen LogP contribution in [0.1, 0.15) is 36.2 Å². The van der Waals surface area contributed by atoms with E-state index in [4.69, 9.17) is 0 Å². The van der Waals surface area contributed by atoms with Gasteiger partial charge in [-0.05, 0) is 29.3 Å². The molecule has 1 aromatic carbocycles. The third kappa shape index (κ3) is 4.57. The lowest BCUT2D eigenvalue weighted by atomic mass is 10.1. The Morgan fingerprint density at radius 1 is 1.20 bits per heavy atom. The molecule has 130 valence electrons. The first kappa shape index (κ1) is 17.4. The van der Waals surface area contributed by atoms with Gasteiger partial charge in [-0.25, -0.2) is 0 Å². The monoisotopic (exact) mass is 353 g/mol. The number of amides is 1. The van der Waals surface area contributed by atoms with Crippen LogP contribution in [0.3, 0.4) is 0 Å². The predicted molar refractivity (Wildman–Crippen MR) is 103 cm³/mol. The molecule has 3 rings (SSSR count). The number of aromatic nitrogens is 2. The van der Waals surface area contributed by atoms with Gasteiger partial charge in [0.15, 0.2) is 0 Å². The van der Waals surface area contributed by atoms with Crippen molar-refractivity contribution >= 4 is 17.2 Å². The van der Waals surface area contributed by atoms with E-state index in [0.29, 0.717) is 24.6 Å². The molecule has 3 aromatic rings. The summed E-state index contributed by atoms with van der Waals surface area (Å²) >= 11 is 1.60. The minimum Gasteiger partial charge on any atom is -0.352 e.